The van der Waals surface area contributed by atoms with Crippen LogP contribution in [0.3, 0.4) is 0 Å². The van der Waals surface area contributed by atoms with Gasteiger partial charge in [0.1, 0.15) is 17.2 Å². The summed E-state index contributed by atoms with van der Waals surface area (Å²) >= 11 is 0. The number of anilines is 2. The van der Waals surface area contributed by atoms with Crippen molar-refractivity contribution in [3.05, 3.63) is 53.8 Å². The summed E-state index contributed by atoms with van der Waals surface area (Å²) in [5.41, 5.74) is 0.364. The number of ether oxygens (including phenoxy) is 2. The molecule has 1 unspecified atom stereocenters. The summed E-state index contributed by atoms with van der Waals surface area (Å²) in [6.45, 7) is 5.10. The zero-order valence-electron chi connectivity index (χ0n) is 17.3. The molecule has 3 amide bonds. The molecule has 0 aliphatic heterocycles. The highest BCUT2D eigenvalue weighted by molar-refractivity contribution is 5.92. The number of hydrogen-bond acceptors (Lipinski definition) is 5. The molecule has 8 nitrogen and oxygen atoms in total. The summed E-state index contributed by atoms with van der Waals surface area (Å²) in [6.07, 6.45) is -1.73. The fraction of sp³-hybridized carbons (Fsp3) is 0.333. The SMILES string of the molecule is COc1ccc(NC(=O)NCC(O)c2cccc(F)c2)cc1NC(=O)OC(C)(C)C. The van der Waals surface area contributed by atoms with E-state index in [1.54, 1.807) is 39.0 Å². The summed E-state index contributed by atoms with van der Waals surface area (Å²) < 4.78 is 23.7. The van der Waals surface area contributed by atoms with Gasteiger partial charge in [0.05, 0.1) is 18.9 Å². The minimum Gasteiger partial charge on any atom is -0.495 e. The summed E-state index contributed by atoms with van der Waals surface area (Å²) in [7, 11) is 1.45. The number of urea groups is 1. The van der Waals surface area contributed by atoms with Crippen LogP contribution in [-0.4, -0.2) is 36.5 Å². The quantitative estimate of drug-likeness (QED) is 0.565. The highest BCUT2D eigenvalue weighted by Gasteiger charge is 2.18. The van der Waals surface area contributed by atoms with Crippen molar-refractivity contribution < 1.29 is 28.6 Å². The Labute approximate surface area is 174 Å². The first kappa shape index (κ1) is 23.0. The third kappa shape index (κ3) is 7.25. The van der Waals surface area contributed by atoms with Crippen LogP contribution in [0.5, 0.6) is 5.75 Å². The molecule has 0 aromatic heterocycles. The molecule has 0 aliphatic carbocycles. The third-order valence-electron chi connectivity index (χ3n) is 3.78. The van der Waals surface area contributed by atoms with Crippen LogP contribution in [-0.2, 0) is 4.74 Å². The lowest BCUT2D eigenvalue weighted by molar-refractivity contribution is 0.0635. The Morgan fingerprint density at radius 1 is 1.13 bits per heavy atom. The predicted molar refractivity (Wildman–Crippen MR) is 111 cm³/mol. The molecule has 4 N–H and O–H groups in total. The van der Waals surface area contributed by atoms with Crippen molar-refractivity contribution >= 4 is 23.5 Å². The number of nitrogens with one attached hydrogen (secondary N) is 3. The van der Waals surface area contributed by atoms with E-state index in [1.807, 2.05) is 0 Å². The number of benzene rings is 2. The van der Waals surface area contributed by atoms with Gasteiger partial charge in [-0.3, -0.25) is 5.32 Å². The number of hydrogen-bond donors (Lipinski definition) is 4. The summed E-state index contributed by atoms with van der Waals surface area (Å²) in [5.74, 6) is -0.0902. The van der Waals surface area contributed by atoms with Crippen molar-refractivity contribution in [3.8, 4) is 5.75 Å². The van der Waals surface area contributed by atoms with E-state index < -0.39 is 29.6 Å². The monoisotopic (exact) mass is 419 g/mol. The van der Waals surface area contributed by atoms with Crippen molar-refractivity contribution in [1.29, 1.82) is 0 Å². The minimum absolute atomic E-state index is 0.117. The molecule has 9 heteroatoms. The molecule has 0 spiro atoms. The summed E-state index contributed by atoms with van der Waals surface area (Å²) in [6, 6.07) is 9.58. The van der Waals surface area contributed by atoms with E-state index in [1.165, 1.54) is 31.4 Å². The van der Waals surface area contributed by atoms with Crippen LogP contribution in [0.4, 0.5) is 25.4 Å². The Morgan fingerprint density at radius 2 is 1.87 bits per heavy atom. The number of aliphatic hydroxyl groups excluding tert-OH is 1. The van der Waals surface area contributed by atoms with Crippen molar-refractivity contribution in [3.63, 3.8) is 0 Å². The van der Waals surface area contributed by atoms with Gasteiger partial charge in [-0.1, -0.05) is 12.1 Å². The van der Waals surface area contributed by atoms with Crippen molar-refractivity contribution in [1.82, 2.24) is 5.32 Å². The largest absolute Gasteiger partial charge is 0.495 e. The van der Waals surface area contributed by atoms with Crippen LogP contribution in [0.1, 0.15) is 32.4 Å². The van der Waals surface area contributed by atoms with Crippen LogP contribution in [0.15, 0.2) is 42.5 Å². The molecule has 1 atom stereocenters. The molecule has 162 valence electrons. The predicted octanol–water partition coefficient (Wildman–Crippen LogP) is 4.04. The fourth-order valence-electron chi connectivity index (χ4n) is 2.49. The van der Waals surface area contributed by atoms with Gasteiger partial charge in [0.2, 0.25) is 0 Å². The molecule has 0 heterocycles. The van der Waals surface area contributed by atoms with Gasteiger partial charge in [0.25, 0.3) is 0 Å². The van der Waals surface area contributed by atoms with Crippen LogP contribution < -0.4 is 20.7 Å². The van der Waals surface area contributed by atoms with E-state index >= 15 is 0 Å². The smallest absolute Gasteiger partial charge is 0.412 e. The van der Waals surface area contributed by atoms with Crippen molar-refractivity contribution in [2.24, 2.45) is 0 Å². The molecule has 0 saturated heterocycles. The average Bonchev–Trinajstić information content (AvgIpc) is 2.65. The third-order valence-corrected chi connectivity index (χ3v) is 3.78. The summed E-state index contributed by atoms with van der Waals surface area (Å²) in [4.78, 5) is 24.2. The molecular weight excluding hydrogens is 393 g/mol. The van der Waals surface area contributed by atoms with Crippen molar-refractivity contribution in [2.45, 2.75) is 32.5 Å². The van der Waals surface area contributed by atoms with Gasteiger partial charge in [0.15, 0.2) is 0 Å². The van der Waals surface area contributed by atoms with Gasteiger partial charge in [-0.2, -0.15) is 0 Å². The van der Waals surface area contributed by atoms with Crippen molar-refractivity contribution in [2.75, 3.05) is 24.3 Å². The molecule has 2 aromatic carbocycles. The molecule has 2 aromatic rings. The maximum absolute atomic E-state index is 13.2. The average molecular weight is 419 g/mol. The topological polar surface area (TPSA) is 109 Å². The molecule has 0 saturated carbocycles. The fourth-order valence-corrected chi connectivity index (χ4v) is 2.49. The maximum atomic E-state index is 13.2. The molecule has 30 heavy (non-hydrogen) atoms. The van der Waals surface area contributed by atoms with Crippen LogP contribution in [0.25, 0.3) is 0 Å². The van der Waals surface area contributed by atoms with Gasteiger partial charge in [-0.25, -0.2) is 14.0 Å². The first-order chi connectivity index (χ1) is 14.1. The normalized spacial score (nSPS) is 11.9. The lowest BCUT2D eigenvalue weighted by atomic mass is 10.1. The summed E-state index contributed by atoms with van der Waals surface area (Å²) in [5, 5.41) is 17.7. The van der Waals surface area contributed by atoms with E-state index in [0.29, 0.717) is 22.7 Å². The lowest BCUT2D eigenvalue weighted by Crippen LogP contribution is -2.32. The first-order valence-electron chi connectivity index (χ1n) is 9.24. The molecular formula is C21H26FN3O5. The molecule has 0 aliphatic rings. The Balaban J connectivity index is 1.98. The number of halogens is 1. The second-order valence-electron chi connectivity index (χ2n) is 7.45. The maximum Gasteiger partial charge on any atom is 0.412 e. The minimum atomic E-state index is -1.06. The number of rotatable bonds is 6. The molecule has 0 bridgehead atoms. The molecule has 0 radical (unpaired) electrons. The molecule has 0 fully saturated rings. The Hall–Kier alpha value is -3.33. The van der Waals surface area contributed by atoms with Gasteiger partial charge in [0, 0.05) is 12.2 Å². The molecule has 2 rings (SSSR count). The van der Waals surface area contributed by atoms with E-state index in [-0.39, 0.29) is 6.54 Å². The second-order valence-corrected chi connectivity index (χ2v) is 7.45. The Morgan fingerprint density at radius 3 is 2.50 bits per heavy atom. The Bertz CT molecular complexity index is 898. The zero-order valence-corrected chi connectivity index (χ0v) is 17.3. The van der Waals surface area contributed by atoms with Gasteiger partial charge >= 0.3 is 12.1 Å². The second kappa shape index (κ2) is 9.93. The van der Waals surface area contributed by atoms with Crippen LogP contribution >= 0.6 is 0 Å². The highest BCUT2D eigenvalue weighted by Crippen LogP contribution is 2.28. The van der Waals surface area contributed by atoms with E-state index in [4.69, 9.17) is 9.47 Å². The van der Waals surface area contributed by atoms with E-state index in [0.717, 1.165) is 0 Å². The number of carbonyl (C=O) groups is 2. The number of carbonyl (C=O) groups excluding carboxylic acids is 2. The van der Waals surface area contributed by atoms with Crippen LogP contribution in [0.2, 0.25) is 0 Å². The lowest BCUT2D eigenvalue weighted by Gasteiger charge is -2.20. The van der Waals surface area contributed by atoms with Gasteiger partial charge in [-0.05, 0) is 56.7 Å². The van der Waals surface area contributed by atoms with E-state index in [9.17, 15) is 19.1 Å². The van der Waals surface area contributed by atoms with Crippen LogP contribution in [0, 0.1) is 5.82 Å². The zero-order chi connectivity index (χ0) is 22.3. The van der Waals surface area contributed by atoms with Gasteiger partial charge in [-0.15, -0.1) is 0 Å². The van der Waals surface area contributed by atoms with Gasteiger partial charge < -0.3 is 25.2 Å². The standard InChI is InChI=1S/C21H26FN3O5/c1-21(2,3)30-20(28)25-16-11-15(8-9-18(16)29-4)24-19(27)23-12-17(26)13-6-5-7-14(22)10-13/h5-11,17,26H,12H2,1-4H3,(H,25,28)(H2,23,24,27). The number of amides is 3. The first-order valence-corrected chi connectivity index (χ1v) is 9.24. The highest BCUT2D eigenvalue weighted by atomic mass is 19.1. The van der Waals surface area contributed by atoms with E-state index in [2.05, 4.69) is 16.0 Å². The number of aliphatic hydroxyl groups is 1. The number of methoxy groups -OCH3 is 1. The Kier molecular flexibility index (Phi) is 7.60.